The Morgan fingerprint density at radius 2 is 1.77 bits per heavy atom. The lowest BCUT2D eigenvalue weighted by Gasteiger charge is -2.40. The second-order valence-corrected chi connectivity index (χ2v) is 11.9. The van der Waals surface area contributed by atoms with Gasteiger partial charge in [-0.15, -0.1) is 11.3 Å². The van der Waals surface area contributed by atoms with E-state index in [1.54, 1.807) is 10.9 Å². The van der Waals surface area contributed by atoms with Crippen LogP contribution in [-0.2, 0) is 6.42 Å². The van der Waals surface area contributed by atoms with E-state index in [2.05, 4.69) is 41.8 Å². The zero-order chi connectivity index (χ0) is 27.7. The van der Waals surface area contributed by atoms with E-state index in [0.29, 0.717) is 30.8 Å². The van der Waals surface area contributed by atoms with Gasteiger partial charge < -0.3 is 9.80 Å². The van der Waals surface area contributed by atoms with E-state index < -0.39 is 0 Å². The van der Waals surface area contributed by atoms with Crippen LogP contribution in [-0.4, -0.2) is 62.1 Å². The Kier molecular flexibility index (Phi) is 8.00. The van der Waals surface area contributed by atoms with Gasteiger partial charge in [-0.3, -0.25) is 9.59 Å². The maximum atomic E-state index is 13.7. The number of hydrogen-bond acceptors (Lipinski definition) is 5. The molecule has 0 bridgehead atoms. The summed E-state index contributed by atoms with van der Waals surface area (Å²) in [6.45, 7) is 9.69. The van der Waals surface area contributed by atoms with Crippen LogP contribution in [0.4, 0.5) is 0 Å². The van der Waals surface area contributed by atoms with Gasteiger partial charge in [0.1, 0.15) is 0 Å². The van der Waals surface area contributed by atoms with E-state index in [9.17, 15) is 9.59 Å². The fourth-order valence-electron chi connectivity index (χ4n) is 5.01. The van der Waals surface area contributed by atoms with E-state index in [1.165, 1.54) is 16.9 Å². The van der Waals surface area contributed by atoms with Gasteiger partial charge >= 0.3 is 0 Å². The number of carbonyl (C=O) groups excluding carboxylic acids is 2. The molecule has 1 fully saturated rings. The van der Waals surface area contributed by atoms with Crippen LogP contribution in [0.1, 0.15) is 65.6 Å². The molecule has 0 spiro atoms. The second-order valence-electron chi connectivity index (χ2n) is 10.2. The van der Waals surface area contributed by atoms with Crippen LogP contribution < -0.4 is 0 Å². The van der Waals surface area contributed by atoms with Crippen LogP contribution in [0.25, 0.3) is 16.4 Å². The molecule has 0 radical (unpaired) electrons. The highest BCUT2D eigenvalue weighted by molar-refractivity contribution is 9.10. The molecule has 1 aliphatic heterocycles. The van der Waals surface area contributed by atoms with Crippen molar-refractivity contribution >= 4 is 39.1 Å². The average Bonchev–Trinajstić information content (AvgIpc) is 3.61. The third-order valence-electron chi connectivity index (χ3n) is 7.18. The summed E-state index contributed by atoms with van der Waals surface area (Å²) in [7, 11) is 0. The van der Waals surface area contributed by atoms with Crippen molar-refractivity contribution in [1.82, 2.24) is 24.6 Å². The molecule has 2 aromatic carbocycles. The standard InChI is InChI=1S/C30H32BrN5O2S/c1-5-21-6-8-23(9-7-21)28(37)35-15-14-34(17-20(35)4)29(38)25-16-32-36(27(25)19(2)3)30-33-26(18-39-30)22-10-12-24(31)13-11-22/h6-13,16,18-20H,5,14-15,17H2,1-4H3. The predicted molar refractivity (Wildman–Crippen MR) is 159 cm³/mol. The van der Waals surface area contributed by atoms with Crippen molar-refractivity contribution in [3.8, 4) is 16.4 Å². The smallest absolute Gasteiger partial charge is 0.257 e. The number of benzene rings is 2. The van der Waals surface area contributed by atoms with Gasteiger partial charge in [-0.2, -0.15) is 5.10 Å². The highest BCUT2D eigenvalue weighted by atomic mass is 79.9. The quantitative estimate of drug-likeness (QED) is 0.254. The summed E-state index contributed by atoms with van der Waals surface area (Å²) in [5.41, 5.74) is 5.23. The first-order valence-corrected chi connectivity index (χ1v) is 14.9. The molecule has 1 saturated heterocycles. The molecule has 0 aliphatic carbocycles. The molecule has 39 heavy (non-hydrogen) atoms. The summed E-state index contributed by atoms with van der Waals surface area (Å²) in [6.07, 6.45) is 2.60. The summed E-state index contributed by atoms with van der Waals surface area (Å²) in [4.78, 5) is 35.5. The average molecular weight is 607 g/mol. The summed E-state index contributed by atoms with van der Waals surface area (Å²) in [5.74, 6) is 0.0250. The number of carbonyl (C=O) groups is 2. The predicted octanol–water partition coefficient (Wildman–Crippen LogP) is 6.43. The van der Waals surface area contributed by atoms with Crippen LogP contribution in [0.2, 0.25) is 0 Å². The maximum Gasteiger partial charge on any atom is 0.257 e. The van der Waals surface area contributed by atoms with Gasteiger partial charge in [0.05, 0.1) is 23.1 Å². The van der Waals surface area contributed by atoms with Crippen molar-refractivity contribution in [2.75, 3.05) is 19.6 Å². The number of aryl methyl sites for hydroxylation is 1. The monoisotopic (exact) mass is 605 g/mol. The maximum absolute atomic E-state index is 13.7. The van der Waals surface area contributed by atoms with E-state index >= 15 is 0 Å². The second kappa shape index (κ2) is 11.4. The first-order valence-electron chi connectivity index (χ1n) is 13.3. The number of aromatic nitrogens is 3. The number of halogens is 1. The van der Waals surface area contributed by atoms with Crippen LogP contribution >= 0.6 is 27.3 Å². The fraction of sp³-hybridized carbons (Fsp3) is 0.333. The van der Waals surface area contributed by atoms with Gasteiger partial charge in [-0.25, -0.2) is 9.67 Å². The highest BCUT2D eigenvalue weighted by Gasteiger charge is 2.33. The van der Waals surface area contributed by atoms with Crippen LogP contribution in [0.5, 0.6) is 0 Å². The Morgan fingerprint density at radius 1 is 1.05 bits per heavy atom. The lowest BCUT2D eigenvalue weighted by molar-refractivity contribution is 0.0413. The van der Waals surface area contributed by atoms with Crippen LogP contribution in [0.3, 0.4) is 0 Å². The Morgan fingerprint density at radius 3 is 2.41 bits per heavy atom. The molecule has 202 valence electrons. The number of nitrogens with zero attached hydrogens (tertiary/aromatic N) is 5. The molecule has 3 heterocycles. The molecule has 1 atom stereocenters. The van der Waals surface area contributed by atoms with E-state index in [1.807, 2.05) is 70.6 Å². The number of amides is 2. The third kappa shape index (κ3) is 5.56. The molecule has 5 rings (SSSR count). The molecule has 1 aliphatic rings. The van der Waals surface area contributed by atoms with Gasteiger partial charge in [-0.1, -0.05) is 61.0 Å². The number of thiazole rings is 1. The molecule has 0 saturated carbocycles. The molecule has 1 unspecified atom stereocenters. The largest absolute Gasteiger partial charge is 0.335 e. The number of hydrogen-bond donors (Lipinski definition) is 0. The normalized spacial score (nSPS) is 15.7. The van der Waals surface area contributed by atoms with Crippen molar-refractivity contribution < 1.29 is 9.59 Å². The first kappa shape index (κ1) is 27.3. The van der Waals surface area contributed by atoms with Gasteiger partial charge in [0, 0.05) is 46.7 Å². The van der Waals surface area contributed by atoms with Gasteiger partial charge in [0.15, 0.2) is 0 Å². The van der Waals surface area contributed by atoms with E-state index in [0.717, 1.165) is 33.0 Å². The number of rotatable bonds is 6. The Bertz CT molecular complexity index is 1480. The Hall–Kier alpha value is -3.30. The zero-order valence-electron chi connectivity index (χ0n) is 22.6. The summed E-state index contributed by atoms with van der Waals surface area (Å²) in [5, 5.41) is 7.35. The van der Waals surface area contributed by atoms with Crippen molar-refractivity contribution in [3.63, 3.8) is 0 Å². The molecular formula is C30H32BrN5O2S. The lowest BCUT2D eigenvalue weighted by Crippen LogP contribution is -2.55. The van der Waals surface area contributed by atoms with Crippen molar-refractivity contribution in [2.24, 2.45) is 0 Å². The number of piperazine rings is 1. The van der Waals surface area contributed by atoms with Gasteiger partial charge in [0.25, 0.3) is 11.8 Å². The zero-order valence-corrected chi connectivity index (χ0v) is 25.0. The van der Waals surface area contributed by atoms with E-state index in [4.69, 9.17) is 4.98 Å². The van der Waals surface area contributed by atoms with Crippen LogP contribution in [0, 0.1) is 0 Å². The minimum atomic E-state index is -0.0916. The fourth-order valence-corrected chi connectivity index (χ4v) is 6.08. The minimum Gasteiger partial charge on any atom is -0.335 e. The topological polar surface area (TPSA) is 71.3 Å². The molecule has 7 nitrogen and oxygen atoms in total. The van der Waals surface area contributed by atoms with Crippen molar-refractivity contribution in [2.45, 2.75) is 46.1 Å². The molecule has 0 N–H and O–H groups in total. The first-order chi connectivity index (χ1) is 18.8. The SMILES string of the molecule is CCc1ccc(C(=O)N2CCN(C(=O)c3cnn(-c4nc(-c5ccc(Br)cc5)cs4)c3C(C)C)CC2C)cc1. The minimum absolute atomic E-state index is 0.0123. The molecule has 2 amide bonds. The summed E-state index contributed by atoms with van der Waals surface area (Å²) >= 11 is 4.98. The third-order valence-corrected chi connectivity index (χ3v) is 8.53. The molecule has 9 heteroatoms. The van der Waals surface area contributed by atoms with Crippen molar-refractivity contribution in [1.29, 1.82) is 0 Å². The Labute approximate surface area is 241 Å². The van der Waals surface area contributed by atoms with Crippen molar-refractivity contribution in [3.05, 3.63) is 87.0 Å². The Balaban J connectivity index is 1.33. The lowest BCUT2D eigenvalue weighted by atomic mass is 10.0. The van der Waals surface area contributed by atoms with E-state index in [-0.39, 0.29) is 23.8 Å². The summed E-state index contributed by atoms with van der Waals surface area (Å²) < 4.78 is 2.82. The van der Waals surface area contributed by atoms with Gasteiger partial charge in [0.2, 0.25) is 5.13 Å². The van der Waals surface area contributed by atoms with Crippen LogP contribution in [0.15, 0.2) is 64.6 Å². The van der Waals surface area contributed by atoms with Gasteiger partial charge in [-0.05, 0) is 49.1 Å². The molecule has 4 aromatic rings. The molecule has 2 aromatic heterocycles. The summed E-state index contributed by atoms with van der Waals surface area (Å²) in [6, 6.07) is 15.8. The highest BCUT2D eigenvalue weighted by Crippen LogP contribution is 2.30. The molecular weight excluding hydrogens is 574 g/mol.